The minimum Gasteiger partial charge on any atom is -0.321 e. The van der Waals surface area contributed by atoms with Gasteiger partial charge in [0.05, 0.1) is 29.2 Å². The summed E-state index contributed by atoms with van der Waals surface area (Å²) in [7, 11) is 0. The first-order valence-corrected chi connectivity index (χ1v) is 6.88. The highest BCUT2D eigenvalue weighted by atomic mass is 15.3. The van der Waals surface area contributed by atoms with Gasteiger partial charge < -0.3 is 4.57 Å². The van der Waals surface area contributed by atoms with Gasteiger partial charge in [-0.2, -0.15) is 10.4 Å². The van der Waals surface area contributed by atoms with Gasteiger partial charge in [-0.1, -0.05) is 0 Å². The number of nitrogens with zero attached hydrogens (tertiary/aromatic N) is 5. The molecule has 3 rings (SSSR count). The van der Waals surface area contributed by atoms with Crippen LogP contribution < -0.4 is 0 Å². The van der Waals surface area contributed by atoms with E-state index in [1.165, 1.54) is 0 Å². The van der Waals surface area contributed by atoms with Crippen LogP contribution in [0.25, 0.3) is 11.0 Å². The third kappa shape index (κ3) is 2.40. The van der Waals surface area contributed by atoms with Gasteiger partial charge in [0.1, 0.15) is 5.82 Å². The van der Waals surface area contributed by atoms with Gasteiger partial charge in [-0.25, -0.2) is 4.98 Å². The lowest BCUT2D eigenvalue weighted by molar-refractivity contribution is 0.388. The van der Waals surface area contributed by atoms with Crippen molar-refractivity contribution >= 4 is 11.0 Å². The second-order valence-corrected chi connectivity index (χ2v) is 6.05. The fraction of sp³-hybridized carbons (Fsp3) is 0.312. The molecule has 0 aliphatic carbocycles. The molecule has 2 aromatic heterocycles. The molecule has 21 heavy (non-hydrogen) atoms. The second kappa shape index (κ2) is 4.74. The Bertz CT molecular complexity index is 813. The monoisotopic (exact) mass is 279 g/mol. The molecule has 2 heterocycles. The number of benzene rings is 1. The van der Waals surface area contributed by atoms with Crippen molar-refractivity contribution in [2.24, 2.45) is 0 Å². The zero-order valence-electron chi connectivity index (χ0n) is 12.4. The quantitative estimate of drug-likeness (QED) is 0.724. The Labute approximate surface area is 123 Å². The molecule has 0 unspecified atom stereocenters. The van der Waals surface area contributed by atoms with E-state index in [0.29, 0.717) is 12.1 Å². The van der Waals surface area contributed by atoms with Crippen LogP contribution in [0, 0.1) is 11.3 Å². The van der Waals surface area contributed by atoms with E-state index in [1.54, 1.807) is 6.20 Å². The van der Waals surface area contributed by atoms with Crippen molar-refractivity contribution in [2.45, 2.75) is 32.9 Å². The van der Waals surface area contributed by atoms with Crippen LogP contribution in [0.4, 0.5) is 0 Å². The highest BCUT2D eigenvalue weighted by Crippen LogP contribution is 2.26. The predicted octanol–water partition coefficient (Wildman–Crippen LogP) is 2.91. The van der Waals surface area contributed by atoms with Gasteiger partial charge in [0.15, 0.2) is 0 Å². The number of nitriles is 1. The Balaban J connectivity index is 2.20. The van der Waals surface area contributed by atoms with Gasteiger partial charge in [0, 0.05) is 17.9 Å². The molecule has 0 radical (unpaired) electrons. The first kappa shape index (κ1) is 13.4. The minimum absolute atomic E-state index is 0.0919. The van der Waals surface area contributed by atoms with E-state index in [4.69, 9.17) is 10.2 Å². The summed E-state index contributed by atoms with van der Waals surface area (Å²) in [6.45, 7) is 7.07. The van der Waals surface area contributed by atoms with Gasteiger partial charge in [-0.05, 0) is 45.0 Å². The van der Waals surface area contributed by atoms with Crippen molar-refractivity contribution in [1.82, 2.24) is 19.3 Å². The van der Waals surface area contributed by atoms with E-state index in [2.05, 4.69) is 36.5 Å². The first-order chi connectivity index (χ1) is 9.99. The van der Waals surface area contributed by atoms with Crippen LogP contribution in [0.1, 0.15) is 32.2 Å². The number of aromatic nitrogens is 4. The third-order valence-electron chi connectivity index (χ3n) is 3.39. The van der Waals surface area contributed by atoms with Gasteiger partial charge in [-0.15, -0.1) is 0 Å². The second-order valence-electron chi connectivity index (χ2n) is 6.05. The topological polar surface area (TPSA) is 59.4 Å². The van der Waals surface area contributed by atoms with Crippen molar-refractivity contribution in [3.05, 3.63) is 48.0 Å². The first-order valence-electron chi connectivity index (χ1n) is 6.88. The fourth-order valence-corrected chi connectivity index (χ4v) is 2.59. The number of hydrogen-bond donors (Lipinski definition) is 0. The zero-order chi connectivity index (χ0) is 15.0. The summed E-state index contributed by atoms with van der Waals surface area (Å²) in [5.74, 6) is 0.941. The molecule has 0 bridgehead atoms. The minimum atomic E-state index is -0.0919. The molecule has 0 atom stereocenters. The largest absolute Gasteiger partial charge is 0.321 e. The van der Waals surface area contributed by atoms with Crippen LogP contribution in [0.15, 0.2) is 36.7 Å². The number of imidazole rings is 1. The molecule has 0 spiro atoms. The van der Waals surface area contributed by atoms with E-state index >= 15 is 0 Å². The molecule has 3 aromatic rings. The summed E-state index contributed by atoms with van der Waals surface area (Å²) in [6, 6.07) is 9.71. The SMILES string of the molecule is CC(C)(C)n1c(Cn2cccn2)nc2cc(C#N)ccc21. The maximum Gasteiger partial charge on any atom is 0.132 e. The molecule has 0 saturated carbocycles. The normalized spacial score (nSPS) is 11.7. The lowest BCUT2D eigenvalue weighted by atomic mass is 10.1. The standard InChI is InChI=1S/C16H17N5/c1-16(2,3)21-14-6-5-12(10-17)9-13(14)19-15(21)11-20-8-4-7-18-20/h4-9H,11H2,1-3H3. The molecule has 106 valence electrons. The lowest BCUT2D eigenvalue weighted by Gasteiger charge is -2.24. The van der Waals surface area contributed by atoms with Crippen molar-refractivity contribution in [1.29, 1.82) is 5.26 Å². The molecule has 0 saturated heterocycles. The molecule has 0 aliphatic heterocycles. The zero-order valence-corrected chi connectivity index (χ0v) is 12.4. The molecular formula is C16H17N5. The summed E-state index contributed by atoms with van der Waals surface area (Å²) < 4.78 is 4.07. The number of hydrogen-bond acceptors (Lipinski definition) is 3. The van der Waals surface area contributed by atoms with E-state index in [1.807, 2.05) is 35.1 Å². The Kier molecular flexibility index (Phi) is 3.02. The lowest BCUT2D eigenvalue weighted by Crippen LogP contribution is -2.25. The maximum absolute atomic E-state index is 9.04. The highest BCUT2D eigenvalue weighted by molar-refractivity contribution is 5.78. The molecule has 0 fully saturated rings. The van der Waals surface area contributed by atoms with Gasteiger partial charge in [-0.3, -0.25) is 4.68 Å². The van der Waals surface area contributed by atoms with Crippen LogP contribution in [0.3, 0.4) is 0 Å². The number of rotatable bonds is 2. The van der Waals surface area contributed by atoms with Crippen LogP contribution in [-0.2, 0) is 12.1 Å². The van der Waals surface area contributed by atoms with Gasteiger partial charge >= 0.3 is 0 Å². The Hall–Kier alpha value is -2.61. The molecule has 1 aromatic carbocycles. The molecule has 0 amide bonds. The van der Waals surface area contributed by atoms with E-state index in [-0.39, 0.29) is 5.54 Å². The van der Waals surface area contributed by atoms with Crippen molar-refractivity contribution in [2.75, 3.05) is 0 Å². The van der Waals surface area contributed by atoms with Crippen molar-refractivity contribution in [3.63, 3.8) is 0 Å². The van der Waals surface area contributed by atoms with Gasteiger partial charge in [0.25, 0.3) is 0 Å². The van der Waals surface area contributed by atoms with E-state index < -0.39 is 0 Å². The summed E-state index contributed by atoms with van der Waals surface area (Å²) in [4.78, 5) is 4.71. The Morgan fingerprint density at radius 1 is 1.29 bits per heavy atom. The van der Waals surface area contributed by atoms with Crippen LogP contribution >= 0.6 is 0 Å². The molecule has 5 nitrogen and oxygen atoms in total. The molecule has 0 aliphatic rings. The highest BCUT2D eigenvalue weighted by Gasteiger charge is 2.21. The Morgan fingerprint density at radius 3 is 2.71 bits per heavy atom. The fourth-order valence-electron chi connectivity index (χ4n) is 2.59. The summed E-state index contributed by atoms with van der Waals surface area (Å²) in [6.07, 6.45) is 3.69. The van der Waals surface area contributed by atoms with Crippen molar-refractivity contribution < 1.29 is 0 Å². The van der Waals surface area contributed by atoms with Crippen LogP contribution in [-0.4, -0.2) is 19.3 Å². The number of fused-ring (bicyclic) bond motifs is 1. The predicted molar refractivity (Wildman–Crippen MR) is 80.8 cm³/mol. The average Bonchev–Trinajstić information content (AvgIpc) is 3.03. The average molecular weight is 279 g/mol. The Morgan fingerprint density at radius 2 is 2.10 bits per heavy atom. The van der Waals surface area contributed by atoms with E-state index in [0.717, 1.165) is 16.9 Å². The van der Waals surface area contributed by atoms with Crippen molar-refractivity contribution in [3.8, 4) is 6.07 Å². The summed E-state index contributed by atoms with van der Waals surface area (Å²) in [5.41, 5.74) is 2.44. The summed E-state index contributed by atoms with van der Waals surface area (Å²) in [5, 5.41) is 13.3. The third-order valence-corrected chi connectivity index (χ3v) is 3.39. The van der Waals surface area contributed by atoms with Crippen LogP contribution in [0.2, 0.25) is 0 Å². The van der Waals surface area contributed by atoms with Gasteiger partial charge in [0.2, 0.25) is 0 Å². The molecular weight excluding hydrogens is 262 g/mol. The summed E-state index contributed by atoms with van der Waals surface area (Å²) >= 11 is 0. The maximum atomic E-state index is 9.04. The smallest absolute Gasteiger partial charge is 0.132 e. The van der Waals surface area contributed by atoms with Crippen LogP contribution in [0.5, 0.6) is 0 Å². The van der Waals surface area contributed by atoms with E-state index in [9.17, 15) is 0 Å². The molecule has 5 heteroatoms. The molecule has 0 N–H and O–H groups in total.